The van der Waals surface area contributed by atoms with Crippen LogP contribution in [0.3, 0.4) is 0 Å². The Kier molecular flexibility index (Phi) is 8.37. The molecule has 0 saturated carbocycles. The molecule has 0 aliphatic rings. The minimum absolute atomic E-state index is 0.0212. The molecule has 0 spiro atoms. The highest BCUT2D eigenvalue weighted by Gasteiger charge is 2.29. The fourth-order valence-electron chi connectivity index (χ4n) is 3.26. The van der Waals surface area contributed by atoms with Crippen molar-refractivity contribution in [3.63, 3.8) is 0 Å². The molecule has 0 radical (unpaired) electrons. The van der Waals surface area contributed by atoms with E-state index < -0.39 is 28.4 Å². The first-order chi connectivity index (χ1) is 16.7. The van der Waals surface area contributed by atoms with Crippen LogP contribution < -0.4 is 14.4 Å². The molecule has 3 aromatic rings. The molecule has 35 heavy (non-hydrogen) atoms. The minimum Gasteiger partial charge on any atom is -0.492 e. The fourth-order valence-corrected chi connectivity index (χ4v) is 4.86. The summed E-state index contributed by atoms with van der Waals surface area (Å²) in [5.74, 6) is -0.966. The lowest BCUT2D eigenvalue weighted by atomic mass is 10.2. The molecule has 0 atom stereocenters. The lowest BCUT2D eigenvalue weighted by Gasteiger charge is -2.26. The summed E-state index contributed by atoms with van der Waals surface area (Å²) < 4.78 is 38.6. The van der Waals surface area contributed by atoms with Crippen molar-refractivity contribution in [2.45, 2.75) is 18.7 Å². The predicted molar refractivity (Wildman–Crippen MR) is 135 cm³/mol. The van der Waals surface area contributed by atoms with E-state index in [0.717, 1.165) is 9.87 Å². The molecule has 0 heterocycles. The van der Waals surface area contributed by atoms with Crippen LogP contribution in [-0.2, 0) is 19.6 Å². The first kappa shape index (κ1) is 26.1. The van der Waals surface area contributed by atoms with Gasteiger partial charge in [-0.05, 0) is 56.3 Å². The van der Waals surface area contributed by atoms with Crippen LogP contribution in [0.15, 0.2) is 71.6 Å². The van der Waals surface area contributed by atoms with Gasteiger partial charge < -0.3 is 14.8 Å². The molecule has 0 aliphatic heterocycles. The lowest BCUT2D eigenvalue weighted by molar-refractivity contribution is -0.114. The number of rotatable bonds is 9. The van der Waals surface area contributed by atoms with Crippen molar-refractivity contribution in [2.24, 2.45) is 0 Å². The van der Waals surface area contributed by atoms with Crippen molar-refractivity contribution in [3.8, 4) is 5.75 Å². The average Bonchev–Trinajstić information content (AvgIpc) is 2.84. The Balaban J connectivity index is 2.00. The van der Waals surface area contributed by atoms with Crippen molar-refractivity contribution < 1.29 is 27.5 Å². The van der Waals surface area contributed by atoms with Gasteiger partial charge in [-0.2, -0.15) is 0 Å². The summed E-state index contributed by atoms with van der Waals surface area (Å²) in [4.78, 5) is 24.9. The van der Waals surface area contributed by atoms with E-state index in [1.807, 2.05) is 6.92 Å². The second-order valence-corrected chi connectivity index (χ2v) is 9.73. The number of ether oxygens (including phenoxy) is 2. The van der Waals surface area contributed by atoms with Gasteiger partial charge in [0.15, 0.2) is 0 Å². The number of anilines is 2. The largest absolute Gasteiger partial charge is 0.492 e. The number of esters is 1. The van der Waals surface area contributed by atoms with Gasteiger partial charge in [0.1, 0.15) is 12.3 Å². The number of nitrogens with zero attached hydrogens (tertiary/aromatic N) is 1. The highest BCUT2D eigenvalue weighted by atomic mass is 35.5. The number of amides is 1. The van der Waals surface area contributed by atoms with Crippen molar-refractivity contribution >= 4 is 44.9 Å². The number of para-hydroxylation sites is 2. The van der Waals surface area contributed by atoms with Gasteiger partial charge in [0.05, 0.1) is 40.6 Å². The van der Waals surface area contributed by atoms with Crippen molar-refractivity contribution in [1.29, 1.82) is 0 Å². The monoisotopic (exact) mass is 516 g/mol. The van der Waals surface area contributed by atoms with Crippen LogP contribution in [0.25, 0.3) is 0 Å². The topological polar surface area (TPSA) is 102 Å². The van der Waals surface area contributed by atoms with E-state index in [2.05, 4.69) is 5.32 Å². The minimum atomic E-state index is -4.15. The Labute approximate surface area is 209 Å². The third kappa shape index (κ3) is 6.12. The van der Waals surface area contributed by atoms with Gasteiger partial charge >= 0.3 is 5.97 Å². The highest BCUT2D eigenvalue weighted by molar-refractivity contribution is 7.92. The number of carbonyl (C=O) groups excluding carboxylic acids is 2. The fraction of sp³-hybridized carbons (Fsp3) is 0.200. The summed E-state index contributed by atoms with van der Waals surface area (Å²) in [6.45, 7) is 3.35. The number of benzene rings is 3. The Morgan fingerprint density at radius 3 is 2.37 bits per heavy atom. The number of nitrogens with one attached hydrogen (secondary N) is 1. The molecule has 0 fully saturated rings. The number of halogens is 1. The third-order valence-electron chi connectivity index (χ3n) is 4.99. The number of hydrogen-bond donors (Lipinski definition) is 1. The molecular formula is C25H25ClN2O6S. The molecule has 3 aromatic carbocycles. The maximum atomic E-state index is 13.6. The molecule has 8 nitrogen and oxygen atoms in total. The molecule has 184 valence electrons. The molecule has 1 N–H and O–H groups in total. The number of hydrogen-bond acceptors (Lipinski definition) is 6. The van der Waals surface area contributed by atoms with E-state index in [9.17, 15) is 18.0 Å². The SMILES string of the molecule is CCOc1ccccc1N(CC(=O)Nc1cc(C(=O)OC)ccc1Cl)S(=O)(=O)c1ccc(C)cc1. The standard InChI is InChI=1S/C25H25ClN2O6S/c1-4-34-23-8-6-5-7-22(23)28(35(31,32)19-12-9-17(2)10-13-19)16-24(29)27-21-15-18(25(30)33-3)11-14-20(21)26/h5-15H,4,16H2,1-3H3,(H,27,29). The first-order valence-electron chi connectivity index (χ1n) is 10.7. The summed E-state index contributed by atoms with van der Waals surface area (Å²) in [6, 6.07) is 17.1. The molecule has 3 rings (SSSR count). The molecule has 0 bridgehead atoms. The first-order valence-corrected chi connectivity index (χ1v) is 12.5. The lowest BCUT2D eigenvalue weighted by Crippen LogP contribution is -2.38. The second kappa shape index (κ2) is 11.2. The summed E-state index contributed by atoms with van der Waals surface area (Å²) in [6.07, 6.45) is 0. The molecule has 0 aromatic heterocycles. The summed E-state index contributed by atoms with van der Waals surface area (Å²) in [5.41, 5.74) is 1.42. The normalized spacial score (nSPS) is 11.0. The maximum absolute atomic E-state index is 13.6. The van der Waals surface area contributed by atoms with Crippen molar-refractivity contribution in [2.75, 3.05) is 29.9 Å². The van der Waals surface area contributed by atoms with Gasteiger partial charge in [0.25, 0.3) is 10.0 Å². The Morgan fingerprint density at radius 2 is 1.71 bits per heavy atom. The van der Waals surface area contributed by atoms with E-state index in [-0.39, 0.29) is 26.9 Å². The van der Waals surface area contributed by atoms with E-state index in [4.69, 9.17) is 21.1 Å². The Morgan fingerprint density at radius 1 is 1.03 bits per heavy atom. The van der Waals surface area contributed by atoms with E-state index in [0.29, 0.717) is 12.4 Å². The highest BCUT2D eigenvalue weighted by Crippen LogP contribution is 2.33. The molecule has 0 saturated heterocycles. The Bertz CT molecular complexity index is 1330. The van der Waals surface area contributed by atoms with Crippen LogP contribution in [0.5, 0.6) is 5.75 Å². The van der Waals surface area contributed by atoms with Gasteiger partial charge in [0.2, 0.25) is 5.91 Å². The van der Waals surface area contributed by atoms with Crippen LogP contribution in [0.4, 0.5) is 11.4 Å². The van der Waals surface area contributed by atoms with Crippen molar-refractivity contribution in [3.05, 3.63) is 82.9 Å². The van der Waals surface area contributed by atoms with Crippen LogP contribution in [0.2, 0.25) is 5.02 Å². The zero-order valence-corrected chi connectivity index (χ0v) is 21.0. The summed E-state index contributed by atoms with van der Waals surface area (Å²) >= 11 is 6.19. The van der Waals surface area contributed by atoms with E-state index >= 15 is 0 Å². The van der Waals surface area contributed by atoms with Crippen LogP contribution in [0, 0.1) is 6.92 Å². The van der Waals surface area contributed by atoms with Gasteiger partial charge in [-0.15, -0.1) is 0 Å². The van der Waals surface area contributed by atoms with E-state index in [1.54, 1.807) is 43.3 Å². The maximum Gasteiger partial charge on any atom is 0.337 e. The zero-order chi connectivity index (χ0) is 25.6. The van der Waals surface area contributed by atoms with Gasteiger partial charge in [-0.1, -0.05) is 41.4 Å². The number of aryl methyl sites for hydroxylation is 1. The zero-order valence-electron chi connectivity index (χ0n) is 19.4. The number of sulfonamides is 1. The molecule has 1 amide bonds. The van der Waals surface area contributed by atoms with Gasteiger partial charge in [-0.3, -0.25) is 9.10 Å². The molecule has 0 aliphatic carbocycles. The summed E-state index contributed by atoms with van der Waals surface area (Å²) in [7, 11) is -2.91. The smallest absolute Gasteiger partial charge is 0.337 e. The van der Waals surface area contributed by atoms with E-state index in [1.165, 1.54) is 37.4 Å². The number of methoxy groups -OCH3 is 1. The van der Waals surface area contributed by atoms with Gasteiger partial charge in [-0.25, -0.2) is 13.2 Å². The number of carbonyl (C=O) groups is 2. The van der Waals surface area contributed by atoms with Gasteiger partial charge in [0, 0.05) is 0 Å². The Hall–Kier alpha value is -3.56. The third-order valence-corrected chi connectivity index (χ3v) is 7.10. The molecular weight excluding hydrogens is 492 g/mol. The predicted octanol–water partition coefficient (Wildman–Crippen LogP) is 4.67. The summed E-state index contributed by atoms with van der Waals surface area (Å²) in [5, 5.41) is 2.76. The molecule has 10 heteroatoms. The second-order valence-electron chi connectivity index (χ2n) is 7.46. The molecule has 0 unspecified atom stereocenters. The van der Waals surface area contributed by atoms with Crippen molar-refractivity contribution in [1.82, 2.24) is 0 Å². The van der Waals surface area contributed by atoms with Crippen LogP contribution >= 0.6 is 11.6 Å². The van der Waals surface area contributed by atoms with Crippen LogP contribution in [-0.4, -0.2) is 40.6 Å². The quantitative estimate of drug-likeness (QED) is 0.415. The average molecular weight is 517 g/mol. The van der Waals surface area contributed by atoms with Crippen LogP contribution in [0.1, 0.15) is 22.8 Å².